The SMILES string of the molecule is NCc1ccc(F)c(CN2C(=O)c3ccccc3C2=O)c1. The highest BCUT2D eigenvalue weighted by Crippen LogP contribution is 2.25. The molecule has 21 heavy (non-hydrogen) atoms. The number of halogens is 1. The van der Waals surface area contributed by atoms with Crippen molar-refractivity contribution in [2.45, 2.75) is 13.1 Å². The van der Waals surface area contributed by atoms with Crippen LogP contribution in [0.4, 0.5) is 4.39 Å². The van der Waals surface area contributed by atoms with Crippen molar-refractivity contribution in [2.75, 3.05) is 0 Å². The highest BCUT2D eigenvalue weighted by atomic mass is 19.1. The van der Waals surface area contributed by atoms with Gasteiger partial charge in [0.25, 0.3) is 11.8 Å². The standard InChI is InChI=1S/C16H13FN2O2/c17-14-6-5-10(8-18)7-11(14)9-19-15(20)12-3-1-2-4-13(12)16(19)21/h1-7H,8-9,18H2. The van der Waals surface area contributed by atoms with Crippen LogP contribution in [0.1, 0.15) is 31.8 Å². The zero-order chi connectivity index (χ0) is 15.0. The first-order valence-corrected chi connectivity index (χ1v) is 6.54. The number of nitrogens with two attached hydrogens (primary N) is 1. The Kier molecular flexibility index (Phi) is 3.27. The van der Waals surface area contributed by atoms with E-state index in [0.29, 0.717) is 11.1 Å². The molecular formula is C16H13FN2O2. The summed E-state index contributed by atoms with van der Waals surface area (Å²) < 4.78 is 13.9. The average molecular weight is 284 g/mol. The van der Waals surface area contributed by atoms with Gasteiger partial charge >= 0.3 is 0 Å². The van der Waals surface area contributed by atoms with E-state index in [0.717, 1.165) is 10.5 Å². The smallest absolute Gasteiger partial charge is 0.261 e. The summed E-state index contributed by atoms with van der Waals surface area (Å²) in [5.74, 6) is -1.25. The summed E-state index contributed by atoms with van der Waals surface area (Å²) in [6, 6.07) is 11.1. The minimum absolute atomic E-state index is 0.0913. The molecule has 0 radical (unpaired) electrons. The summed E-state index contributed by atoms with van der Waals surface area (Å²) in [5, 5.41) is 0. The third-order valence-corrected chi connectivity index (χ3v) is 3.55. The first-order valence-electron chi connectivity index (χ1n) is 6.54. The first-order chi connectivity index (χ1) is 10.1. The summed E-state index contributed by atoms with van der Waals surface area (Å²) in [6.07, 6.45) is 0. The Morgan fingerprint density at radius 1 is 1.00 bits per heavy atom. The van der Waals surface area contributed by atoms with Crippen LogP contribution in [0.3, 0.4) is 0 Å². The number of nitrogens with zero attached hydrogens (tertiary/aromatic N) is 1. The molecule has 5 heteroatoms. The Balaban J connectivity index is 1.94. The van der Waals surface area contributed by atoms with Crippen LogP contribution in [0, 0.1) is 5.82 Å². The van der Waals surface area contributed by atoms with Crippen LogP contribution in [-0.2, 0) is 13.1 Å². The molecular weight excluding hydrogens is 271 g/mol. The Labute approximate surface area is 121 Å². The molecule has 2 aromatic rings. The van der Waals surface area contributed by atoms with Crippen LogP contribution < -0.4 is 5.73 Å². The summed E-state index contributed by atoms with van der Waals surface area (Å²) in [4.78, 5) is 25.5. The lowest BCUT2D eigenvalue weighted by molar-refractivity contribution is 0.0641. The van der Waals surface area contributed by atoms with Crippen molar-refractivity contribution in [3.8, 4) is 0 Å². The van der Waals surface area contributed by atoms with Crippen LogP contribution in [-0.4, -0.2) is 16.7 Å². The van der Waals surface area contributed by atoms with E-state index in [9.17, 15) is 14.0 Å². The van der Waals surface area contributed by atoms with Crippen molar-refractivity contribution in [3.63, 3.8) is 0 Å². The highest BCUT2D eigenvalue weighted by Gasteiger charge is 2.35. The predicted molar refractivity (Wildman–Crippen MR) is 74.9 cm³/mol. The second-order valence-electron chi connectivity index (χ2n) is 4.87. The number of hydrogen-bond donors (Lipinski definition) is 1. The number of hydrogen-bond acceptors (Lipinski definition) is 3. The molecule has 106 valence electrons. The highest BCUT2D eigenvalue weighted by molar-refractivity contribution is 6.21. The number of carbonyl (C=O) groups is 2. The molecule has 0 bridgehead atoms. The topological polar surface area (TPSA) is 63.4 Å². The number of imide groups is 1. The monoisotopic (exact) mass is 284 g/mol. The fourth-order valence-corrected chi connectivity index (χ4v) is 2.43. The minimum atomic E-state index is -0.455. The zero-order valence-electron chi connectivity index (χ0n) is 11.2. The summed E-state index contributed by atoms with van der Waals surface area (Å²) in [5.41, 5.74) is 7.29. The molecule has 0 aliphatic carbocycles. The van der Waals surface area contributed by atoms with Gasteiger partial charge in [0.1, 0.15) is 5.82 Å². The normalized spacial score (nSPS) is 13.7. The van der Waals surface area contributed by atoms with E-state index in [4.69, 9.17) is 5.73 Å². The van der Waals surface area contributed by atoms with E-state index >= 15 is 0 Å². The quantitative estimate of drug-likeness (QED) is 0.878. The van der Waals surface area contributed by atoms with Gasteiger partial charge in [0.05, 0.1) is 17.7 Å². The Hall–Kier alpha value is -2.53. The lowest BCUT2D eigenvalue weighted by Crippen LogP contribution is -2.29. The Morgan fingerprint density at radius 3 is 2.19 bits per heavy atom. The van der Waals surface area contributed by atoms with Gasteiger partial charge < -0.3 is 5.73 Å². The summed E-state index contributed by atoms with van der Waals surface area (Å²) in [6.45, 7) is 0.182. The number of carbonyl (C=O) groups excluding carboxylic acids is 2. The number of rotatable bonds is 3. The van der Waals surface area contributed by atoms with Gasteiger partial charge in [-0.1, -0.05) is 18.2 Å². The van der Waals surface area contributed by atoms with Gasteiger partial charge in [0.2, 0.25) is 0 Å². The second kappa shape index (κ2) is 5.10. The van der Waals surface area contributed by atoms with Crippen LogP contribution in [0.25, 0.3) is 0 Å². The van der Waals surface area contributed by atoms with Crippen LogP contribution in [0.2, 0.25) is 0 Å². The van der Waals surface area contributed by atoms with Gasteiger partial charge in [-0.15, -0.1) is 0 Å². The van der Waals surface area contributed by atoms with E-state index < -0.39 is 17.6 Å². The maximum atomic E-state index is 13.9. The molecule has 1 aliphatic rings. The van der Waals surface area contributed by atoms with E-state index in [1.807, 2.05) is 0 Å². The van der Waals surface area contributed by atoms with E-state index in [1.165, 1.54) is 6.07 Å². The number of fused-ring (bicyclic) bond motifs is 1. The van der Waals surface area contributed by atoms with E-state index in [2.05, 4.69) is 0 Å². The van der Waals surface area contributed by atoms with E-state index in [-0.39, 0.29) is 18.7 Å². The van der Waals surface area contributed by atoms with Gasteiger partial charge in [0, 0.05) is 12.1 Å². The van der Waals surface area contributed by atoms with Gasteiger partial charge in [-0.3, -0.25) is 14.5 Å². The van der Waals surface area contributed by atoms with Gasteiger partial charge in [0.15, 0.2) is 0 Å². The predicted octanol–water partition coefficient (Wildman–Crippen LogP) is 2.08. The zero-order valence-corrected chi connectivity index (χ0v) is 11.2. The molecule has 2 amide bonds. The van der Waals surface area contributed by atoms with Crippen LogP contribution in [0.15, 0.2) is 42.5 Å². The fraction of sp³-hybridized carbons (Fsp3) is 0.125. The lowest BCUT2D eigenvalue weighted by atomic mass is 10.1. The van der Waals surface area contributed by atoms with Crippen molar-refractivity contribution in [1.29, 1.82) is 0 Å². The average Bonchev–Trinajstić information content (AvgIpc) is 2.75. The first kappa shape index (κ1) is 13.5. The maximum Gasteiger partial charge on any atom is 0.261 e. The van der Waals surface area contributed by atoms with Gasteiger partial charge in [-0.05, 0) is 29.8 Å². The molecule has 0 spiro atoms. The fourth-order valence-electron chi connectivity index (χ4n) is 2.43. The summed E-state index contributed by atoms with van der Waals surface area (Å²) in [7, 11) is 0. The molecule has 1 heterocycles. The number of benzene rings is 2. The van der Waals surface area contributed by atoms with Gasteiger partial charge in [-0.25, -0.2) is 4.39 Å². The van der Waals surface area contributed by atoms with Crippen LogP contribution >= 0.6 is 0 Å². The van der Waals surface area contributed by atoms with Crippen molar-refractivity contribution in [3.05, 3.63) is 70.5 Å². The van der Waals surface area contributed by atoms with Crippen LogP contribution in [0.5, 0.6) is 0 Å². The minimum Gasteiger partial charge on any atom is -0.326 e. The molecule has 0 unspecified atom stereocenters. The molecule has 0 saturated heterocycles. The lowest BCUT2D eigenvalue weighted by Gasteiger charge is -2.15. The van der Waals surface area contributed by atoms with Crippen molar-refractivity contribution in [2.24, 2.45) is 5.73 Å². The molecule has 2 aromatic carbocycles. The molecule has 0 saturated carbocycles. The molecule has 0 aromatic heterocycles. The van der Waals surface area contributed by atoms with Crippen molar-refractivity contribution < 1.29 is 14.0 Å². The second-order valence-corrected chi connectivity index (χ2v) is 4.87. The third kappa shape index (κ3) is 2.21. The molecule has 0 atom stereocenters. The molecule has 2 N–H and O–H groups in total. The molecule has 4 nitrogen and oxygen atoms in total. The van der Waals surface area contributed by atoms with Gasteiger partial charge in [-0.2, -0.15) is 0 Å². The largest absolute Gasteiger partial charge is 0.326 e. The van der Waals surface area contributed by atoms with E-state index in [1.54, 1.807) is 36.4 Å². The number of amides is 2. The van der Waals surface area contributed by atoms with Crippen molar-refractivity contribution >= 4 is 11.8 Å². The molecule has 0 fully saturated rings. The molecule has 3 rings (SSSR count). The third-order valence-electron chi connectivity index (χ3n) is 3.55. The Bertz CT molecular complexity index is 708. The maximum absolute atomic E-state index is 13.9. The Morgan fingerprint density at radius 2 is 1.62 bits per heavy atom. The van der Waals surface area contributed by atoms with Crippen molar-refractivity contribution in [1.82, 2.24) is 4.90 Å². The molecule has 1 aliphatic heterocycles. The summed E-state index contributed by atoms with van der Waals surface area (Å²) >= 11 is 0.